The topological polar surface area (TPSA) is 110 Å². The Hall–Kier alpha value is -2.43. The zero-order valence-corrected chi connectivity index (χ0v) is 18.8. The second kappa shape index (κ2) is 8.25. The maximum atomic E-state index is 6.31. The fourth-order valence-electron chi connectivity index (χ4n) is 4.60. The van der Waals surface area contributed by atoms with Gasteiger partial charge in [-0.1, -0.05) is 0 Å². The minimum atomic E-state index is 0.207. The van der Waals surface area contributed by atoms with Gasteiger partial charge < -0.3 is 20.5 Å². The first-order chi connectivity index (χ1) is 15.0. The molecule has 4 aliphatic rings. The average Bonchev–Trinajstić information content (AvgIpc) is 3.34. The number of pyridine rings is 1. The van der Waals surface area contributed by atoms with Gasteiger partial charge in [0.25, 0.3) is 0 Å². The zero-order chi connectivity index (χ0) is 21.5. The molecule has 10 heteroatoms. The molecule has 0 amide bonds. The molecule has 5 rings (SSSR count). The SMILES string of the molecule is COc1c(C)cnc(CN2N=C3CC(N[C@@H]4CCOC4)C4=C3C(=N2)C(N)=NSC4)c1C. The van der Waals surface area contributed by atoms with E-state index < -0.39 is 0 Å². The van der Waals surface area contributed by atoms with E-state index in [0.29, 0.717) is 24.1 Å². The predicted molar refractivity (Wildman–Crippen MR) is 123 cm³/mol. The van der Waals surface area contributed by atoms with E-state index in [1.165, 1.54) is 17.5 Å². The quantitative estimate of drug-likeness (QED) is 0.669. The third kappa shape index (κ3) is 3.72. The maximum absolute atomic E-state index is 6.31. The van der Waals surface area contributed by atoms with Gasteiger partial charge in [0.15, 0.2) is 5.84 Å². The van der Waals surface area contributed by atoms with Gasteiger partial charge >= 0.3 is 0 Å². The Morgan fingerprint density at radius 2 is 2.23 bits per heavy atom. The van der Waals surface area contributed by atoms with Crippen molar-refractivity contribution in [2.24, 2.45) is 20.3 Å². The Morgan fingerprint density at radius 1 is 1.35 bits per heavy atom. The van der Waals surface area contributed by atoms with Crippen molar-refractivity contribution in [2.75, 3.05) is 26.1 Å². The van der Waals surface area contributed by atoms with Crippen LogP contribution in [0.4, 0.5) is 0 Å². The van der Waals surface area contributed by atoms with Gasteiger partial charge in [-0.15, -0.1) is 0 Å². The number of hydrogen-bond donors (Lipinski definition) is 2. The number of hydrogen-bond acceptors (Lipinski definition) is 10. The smallest absolute Gasteiger partial charge is 0.160 e. The van der Waals surface area contributed by atoms with E-state index in [9.17, 15) is 0 Å². The molecule has 0 spiro atoms. The lowest BCUT2D eigenvalue weighted by atomic mass is 10.0. The minimum absolute atomic E-state index is 0.207. The molecule has 3 aliphatic heterocycles. The summed E-state index contributed by atoms with van der Waals surface area (Å²) in [5.74, 6) is 2.08. The van der Waals surface area contributed by atoms with Crippen LogP contribution in [0.5, 0.6) is 5.75 Å². The summed E-state index contributed by atoms with van der Waals surface area (Å²) in [5.41, 5.74) is 13.3. The molecule has 31 heavy (non-hydrogen) atoms. The van der Waals surface area contributed by atoms with Gasteiger partial charge in [0.2, 0.25) is 0 Å². The summed E-state index contributed by atoms with van der Waals surface area (Å²) in [7, 11) is 1.68. The molecule has 0 bridgehead atoms. The highest BCUT2D eigenvalue weighted by Crippen LogP contribution is 2.35. The molecule has 1 aromatic rings. The van der Waals surface area contributed by atoms with Crippen molar-refractivity contribution in [3.8, 4) is 5.75 Å². The third-order valence-electron chi connectivity index (χ3n) is 6.15. The summed E-state index contributed by atoms with van der Waals surface area (Å²) in [5, 5.41) is 15.1. The Balaban J connectivity index is 1.46. The highest BCUT2D eigenvalue weighted by atomic mass is 32.2. The standard InChI is InChI=1S/C21H27N7O2S/c1-11-7-23-17(12(2)20(11)29-3)8-28-25-16-6-15(24-13-4-5-30-9-13)14-10-31-27-21(22)19(26-28)18(14)16/h7,13,15,24H,4-6,8-10H2,1-3H3,(H2,22,27)/t13-,15?/m1/s1. The first-order valence-electron chi connectivity index (χ1n) is 10.5. The van der Waals surface area contributed by atoms with E-state index in [4.69, 9.17) is 25.4 Å². The van der Waals surface area contributed by atoms with Crippen LogP contribution in [0.2, 0.25) is 0 Å². The molecular weight excluding hydrogens is 414 g/mol. The first-order valence-corrected chi connectivity index (χ1v) is 11.5. The van der Waals surface area contributed by atoms with Crippen molar-refractivity contribution >= 4 is 29.2 Å². The van der Waals surface area contributed by atoms with Crippen LogP contribution in [0, 0.1) is 13.8 Å². The molecule has 9 nitrogen and oxygen atoms in total. The van der Waals surface area contributed by atoms with Crippen molar-refractivity contribution in [3.05, 3.63) is 34.2 Å². The Kier molecular flexibility index (Phi) is 5.45. The molecule has 0 radical (unpaired) electrons. The predicted octanol–water partition coefficient (Wildman–Crippen LogP) is 1.70. The van der Waals surface area contributed by atoms with Gasteiger partial charge in [0.1, 0.15) is 18.0 Å². The Morgan fingerprint density at radius 3 is 3.00 bits per heavy atom. The Bertz CT molecular complexity index is 1030. The number of methoxy groups -OCH3 is 1. The fourth-order valence-corrected chi connectivity index (χ4v) is 5.37. The van der Waals surface area contributed by atoms with E-state index in [0.717, 1.165) is 65.7 Å². The second-order valence-electron chi connectivity index (χ2n) is 8.21. The van der Waals surface area contributed by atoms with Crippen LogP contribution in [0.1, 0.15) is 29.7 Å². The number of aryl methyl sites for hydroxylation is 1. The fraction of sp³-hybridized carbons (Fsp3) is 0.524. The van der Waals surface area contributed by atoms with E-state index >= 15 is 0 Å². The van der Waals surface area contributed by atoms with Gasteiger partial charge in [-0.05, 0) is 37.8 Å². The van der Waals surface area contributed by atoms with E-state index in [1.54, 1.807) is 12.2 Å². The van der Waals surface area contributed by atoms with Crippen molar-refractivity contribution < 1.29 is 9.47 Å². The van der Waals surface area contributed by atoms with Gasteiger partial charge in [-0.2, -0.15) is 19.7 Å². The van der Waals surface area contributed by atoms with Gasteiger partial charge in [-0.25, -0.2) is 0 Å². The highest BCUT2D eigenvalue weighted by Gasteiger charge is 2.39. The summed E-state index contributed by atoms with van der Waals surface area (Å²) in [4.78, 5) is 4.60. The number of ether oxygens (including phenoxy) is 2. The average molecular weight is 442 g/mol. The molecule has 164 valence electrons. The highest BCUT2D eigenvalue weighted by molar-refractivity contribution is 7.98. The molecule has 4 heterocycles. The summed E-state index contributed by atoms with van der Waals surface area (Å²) >= 11 is 1.48. The second-order valence-corrected chi connectivity index (χ2v) is 8.94. The number of amidine groups is 1. The summed E-state index contributed by atoms with van der Waals surface area (Å²) in [6.45, 7) is 6.01. The normalized spacial score (nSPS) is 25.1. The number of nitrogens with one attached hydrogen (secondary N) is 1. The third-order valence-corrected chi connectivity index (χ3v) is 6.92. The van der Waals surface area contributed by atoms with Crippen LogP contribution in [-0.4, -0.2) is 65.5 Å². The molecule has 1 unspecified atom stereocenters. The summed E-state index contributed by atoms with van der Waals surface area (Å²) < 4.78 is 15.6. The van der Waals surface area contributed by atoms with Crippen LogP contribution >= 0.6 is 11.9 Å². The van der Waals surface area contributed by atoms with Gasteiger partial charge in [-0.3, -0.25) is 4.98 Å². The lowest BCUT2D eigenvalue weighted by molar-refractivity contribution is 0.189. The number of hydrazone groups is 2. The van der Waals surface area contributed by atoms with Crippen molar-refractivity contribution in [3.63, 3.8) is 0 Å². The van der Waals surface area contributed by atoms with E-state index in [-0.39, 0.29) is 6.04 Å². The van der Waals surface area contributed by atoms with Gasteiger partial charge in [0, 0.05) is 53.8 Å². The number of nitrogens with two attached hydrogens (primary N) is 1. The van der Waals surface area contributed by atoms with Crippen LogP contribution in [-0.2, 0) is 11.3 Å². The lowest BCUT2D eigenvalue weighted by Crippen LogP contribution is -2.39. The van der Waals surface area contributed by atoms with Crippen LogP contribution < -0.4 is 15.8 Å². The molecule has 1 aromatic heterocycles. The molecule has 0 saturated carbocycles. The molecule has 1 fully saturated rings. The molecule has 1 aliphatic carbocycles. The zero-order valence-electron chi connectivity index (χ0n) is 18.0. The van der Waals surface area contributed by atoms with Crippen molar-refractivity contribution in [1.82, 2.24) is 15.4 Å². The van der Waals surface area contributed by atoms with Crippen LogP contribution in [0.15, 0.2) is 31.9 Å². The lowest BCUT2D eigenvalue weighted by Gasteiger charge is -2.23. The minimum Gasteiger partial charge on any atom is -0.496 e. The number of rotatable bonds is 5. The summed E-state index contributed by atoms with van der Waals surface area (Å²) in [6, 6.07) is 0.576. The monoisotopic (exact) mass is 441 g/mol. The number of nitrogens with zero attached hydrogens (tertiary/aromatic N) is 5. The molecule has 3 N–H and O–H groups in total. The molecule has 0 aromatic carbocycles. The van der Waals surface area contributed by atoms with E-state index in [1.807, 2.05) is 20.0 Å². The van der Waals surface area contributed by atoms with Crippen LogP contribution in [0.25, 0.3) is 0 Å². The van der Waals surface area contributed by atoms with Gasteiger partial charge in [0.05, 0.1) is 25.1 Å². The molecule has 1 saturated heterocycles. The first kappa shape index (κ1) is 20.5. The molecular formula is C21H27N7O2S. The van der Waals surface area contributed by atoms with Crippen molar-refractivity contribution in [2.45, 2.75) is 45.3 Å². The molecule has 2 atom stereocenters. The Labute approximate surface area is 186 Å². The van der Waals surface area contributed by atoms with Crippen molar-refractivity contribution in [1.29, 1.82) is 0 Å². The maximum Gasteiger partial charge on any atom is 0.160 e. The number of aromatic nitrogens is 1. The largest absolute Gasteiger partial charge is 0.496 e. The summed E-state index contributed by atoms with van der Waals surface area (Å²) in [6.07, 6.45) is 3.67. The van der Waals surface area contributed by atoms with E-state index in [2.05, 4.69) is 14.7 Å². The van der Waals surface area contributed by atoms with Crippen LogP contribution in [0.3, 0.4) is 0 Å².